The van der Waals surface area contributed by atoms with Crippen molar-refractivity contribution in [2.75, 3.05) is 5.32 Å². The Bertz CT molecular complexity index is 1090. The minimum Gasteiger partial charge on any atom is -0.322 e. The molecule has 1 fully saturated rings. The summed E-state index contributed by atoms with van der Waals surface area (Å²) < 4.78 is 0. The summed E-state index contributed by atoms with van der Waals surface area (Å²) in [6.07, 6.45) is 9.53. The number of nitrogen functional groups attached to an aromatic ring is 1. The number of hydrogen-bond donors (Lipinski definition) is 4. The molecule has 0 spiro atoms. The second kappa shape index (κ2) is 7.13. The molecule has 1 amide bonds. The summed E-state index contributed by atoms with van der Waals surface area (Å²) >= 11 is 0. The van der Waals surface area contributed by atoms with Crippen LogP contribution in [-0.2, 0) is 0 Å². The van der Waals surface area contributed by atoms with Gasteiger partial charge in [-0.25, -0.2) is 15.8 Å². The molecule has 1 saturated carbocycles. The number of rotatable bonds is 5. The van der Waals surface area contributed by atoms with E-state index in [1.807, 2.05) is 25.1 Å². The number of H-pyrrole nitrogens is 1. The largest absolute Gasteiger partial charge is 0.322 e. The van der Waals surface area contributed by atoms with Crippen LogP contribution in [0, 0.1) is 19.3 Å². The van der Waals surface area contributed by atoms with Gasteiger partial charge in [0.15, 0.2) is 17.5 Å². The first-order valence-electron chi connectivity index (χ1n) is 8.87. The summed E-state index contributed by atoms with van der Waals surface area (Å²) in [5.74, 6) is 9.60. The standard InChI is InChI=1S/C20H19N7O/c1-3-12-10-22-18(14-5-4-11(2)15(8-14)20(28)25-21)24-19(12)23-17-9-16(26-27-17)13-6-7-13/h1,4-5,8-10,13H,6-7,21H2,2H3,(H,25,28)(H2,22,23,24,26,27). The van der Waals surface area contributed by atoms with E-state index < -0.39 is 0 Å². The average Bonchev–Trinajstić information content (AvgIpc) is 3.47. The number of carbonyl (C=O) groups excluding carboxylic acids is 1. The van der Waals surface area contributed by atoms with Crippen LogP contribution in [-0.4, -0.2) is 26.1 Å². The number of amides is 1. The molecule has 2 heterocycles. The number of terminal acetylenes is 1. The molecular formula is C20H19N7O. The van der Waals surface area contributed by atoms with Crippen LogP contribution in [0.15, 0.2) is 30.5 Å². The Labute approximate surface area is 162 Å². The van der Waals surface area contributed by atoms with Gasteiger partial charge in [0.05, 0.1) is 5.56 Å². The molecule has 2 aromatic heterocycles. The molecule has 5 N–H and O–H groups in total. The van der Waals surface area contributed by atoms with Gasteiger partial charge in [0.1, 0.15) is 0 Å². The summed E-state index contributed by atoms with van der Waals surface area (Å²) in [4.78, 5) is 20.9. The van der Waals surface area contributed by atoms with Crippen molar-refractivity contribution in [2.24, 2.45) is 5.84 Å². The lowest BCUT2D eigenvalue weighted by molar-refractivity contribution is 0.0953. The van der Waals surface area contributed by atoms with Gasteiger partial charge in [0.25, 0.3) is 5.91 Å². The Morgan fingerprint density at radius 3 is 2.89 bits per heavy atom. The van der Waals surface area contributed by atoms with Crippen LogP contribution in [0.1, 0.15) is 45.9 Å². The van der Waals surface area contributed by atoms with Crippen LogP contribution in [0.2, 0.25) is 0 Å². The number of hydrazine groups is 1. The smallest absolute Gasteiger partial charge is 0.265 e. The Morgan fingerprint density at radius 1 is 1.36 bits per heavy atom. The van der Waals surface area contributed by atoms with Crippen LogP contribution in [0.4, 0.5) is 11.6 Å². The Hall–Kier alpha value is -3.70. The molecule has 0 bridgehead atoms. The zero-order valence-electron chi connectivity index (χ0n) is 15.3. The van der Waals surface area contributed by atoms with E-state index in [1.165, 1.54) is 12.8 Å². The second-order valence-electron chi connectivity index (χ2n) is 6.71. The number of aromatic amines is 1. The molecule has 8 nitrogen and oxygen atoms in total. The first-order chi connectivity index (χ1) is 13.6. The van der Waals surface area contributed by atoms with Crippen molar-refractivity contribution < 1.29 is 4.79 Å². The lowest BCUT2D eigenvalue weighted by Crippen LogP contribution is -2.30. The lowest BCUT2D eigenvalue weighted by Gasteiger charge is -2.10. The van der Waals surface area contributed by atoms with Crippen molar-refractivity contribution in [1.82, 2.24) is 25.6 Å². The highest BCUT2D eigenvalue weighted by Crippen LogP contribution is 2.39. The van der Waals surface area contributed by atoms with Gasteiger partial charge in [-0.05, 0) is 31.4 Å². The molecule has 3 aromatic rings. The first kappa shape index (κ1) is 17.7. The monoisotopic (exact) mass is 373 g/mol. The fourth-order valence-electron chi connectivity index (χ4n) is 2.93. The molecule has 0 unspecified atom stereocenters. The highest BCUT2D eigenvalue weighted by molar-refractivity contribution is 5.96. The summed E-state index contributed by atoms with van der Waals surface area (Å²) in [6, 6.07) is 7.33. The van der Waals surface area contributed by atoms with Crippen LogP contribution in [0.5, 0.6) is 0 Å². The van der Waals surface area contributed by atoms with Crippen LogP contribution in [0.25, 0.3) is 11.4 Å². The normalized spacial score (nSPS) is 13.0. The number of aromatic nitrogens is 4. The molecule has 0 saturated heterocycles. The Kier molecular flexibility index (Phi) is 4.51. The molecule has 0 aliphatic heterocycles. The molecule has 8 heteroatoms. The molecule has 1 aliphatic rings. The first-order valence-corrected chi connectivity index (χ1v) is 8.87. The topological polar surface area (TPSA) is 122 Å². The van der Waals surface area contributed by atoms with E-state index in [2.05, 4.69) is 36.8 Å². The van der Waals surface area contributed by atoms with Crippen molar-refractivity contribution in [3.05, 3.63) is 52.8 Å². The van der Waals surface area contributed by atoms with Crippen molar-refractivity contribution >= 4 is 17.5 Å². The number of benzene rings is 1. The number of hydrogen-bond acceptors (Lipinski definition) is 6. The van der Waals surface area contributed by atoms with Crippen molar-refractivity contribution in [3.8, 4) is 23.7 Å². The van der Waals surface area contributed by atoms with Crippen LogP contribution >= 0.6 is 0 Å². The van der Waals surface area contributed by atoms with E-state index in [9.17, 15) is 4.79 Å². The maximum absolute atomic E-state index is 12.0. The van der Waals surface area contributed by atoms with E-state index in [0.717, 1.165) is 11.3 Å². The van der Waals surface area contributed by atoms with E-state index in [-0.39, 0.29) is 5.91 Å². The van der Waals surface area contributed by atoms with Gasteiger partial charge in [0, 0.05) is 35.0 Å². The molecule has 0 radical (unpaired) electrons. The molecule has 4 rings (SSSR count). The maximum Gasteiger partial charge on any atom is 0.265 e. The van der Waals surface area contributed by atoms with E-state index in [1.54, 1.807) is 12.3 Å². The van der Waals surface area contributed by atoms with Crippen LogP contribution in [0.3, 0.4) is 0 Å². The number of aryl methyl sites for hydroxylation is 1. The van der Waals surface area contributed by atoms with Crippen molar-refractivity contribution in [3.63, 3.8) is 0 Å². The van der Waals surface area contributed by atoms with Gasteiger partial charge in [-0.15, -0.1) is 6.42 Å². The molecule has 0 atom stereocenters. The molecule has 1 aromatic carbocycles. The zero-order chi connectivity index (χ0) is 19.7. The average molecular weight is 373 g/mol. The minimum absolute atomic E-state index is 0.373. The quantitative estimate of drug-likeness (QED) is 0.236. The highest BCUT2D eigenvalue weighted by Gasteiger charge is 2.25. The fourth-order valence-corrected chi connectivity index (χ4v) is 2.93. The lowest BCUT2D eigenvalue weighted by atomic mass is 10.0. The number of nitrogens with zero attached hydrogens (tertiary/aromatic N) is 3. The summed E-state index contributed by atoms with van der Waals surface area (Å²) in [5, 5.41) is 10.5. The fraction of sp³-hybridized carbons (Fsp3) is 0.200. The van der Waals surface area contributed by atoms with E-state index >= 15 is 0 Å². The highest BCUT2D eigenvalue weighted by atomic mass is 16.2. The van der Waals surface area contributed by atoms with Crippen LogP contribution < -0.4 is 16.6 Å². The Morgan fingerprint density at radius 2 is 2.18 bits per heavy atom. The van der Waals surface area contributed by atoms with Gasteiger partial charge in [-0.1, -0.05) is 18.1 Å². The predicted octanol–water partition coefficient (Wildman–Crippen LogP) is 2.38. The third-order valence-corrected chi connectivity index (χ3v) is 4.68. The minimum atomic E-state index is -0.373. The summed E-state index contributed by atoms with van der Waals surface area (Å²) in [7, 11) is 0. The van der Waals surface area contributed by atoms with Gasteiger partial charge in [0.2, 0.25) is 0 Å². The third-order valence-electron chi connectivity index (χ3n) is 4.68. The van der Waals surface area contributed by atoms with Gasteiger partial charge >= 0.3 is 0 Å². The number of nitrogens with two attached hydrogens (primary N) is 1. The predicted molar refractivity (Wildman–Crippen MR) is 106 cm³/mol. The number of carbonyl (C=O) groups is 1. The SMILES string of the molecule is C#Cc1cnc(-c2ccc(C)c(C(=O)NN)c2)nc1Nc1cc(C2CC2)[nH]n1. The maximum atomic E-state index is 12.0. The molecule has 140 valence electrons. The molecular weight excluding hydrogens is 354 g/mol. The van der Waals surface area contributed by atoms with Gasteiger partial charge in [-0.3, -0.25) is 15.3 Å². The van der Waals surface area contributed by atoms with E-state index in [4.69, 9.17) is 12.3 Å². The zero-order valence-corrected chi connectivity index (χ0v) is 15.3. The van der Waals surface area contributed by atoms with Gasteiger partial charge in [-0.2, -0.15) is 5.10 Å². The van der Waals surface area contributed by atoms with Crippen molar-refractivity contribution in [1.29, 1.82) is 0 Å². The summed E-state index contributed by atoms with van der Waals surface area (Å²) in [6.45, 7) is 1.83. The molecule has 1 aliphatic carbocycles. The second-order valence-corrected chi connectivity index (χ2v) is 6.71. The Balaban J connectivity index is 1.68. The number of anilines is 2. The van der Waals surface area contributed by atoms with E-state index in [0.29, 0.717) is 40.1 Å². The molecule has 28 heavy (non-hydrogen) atoms. The third kappa shape index (κ3) is 3.43. The van der Waals surface area contributed by atoms with Gasteiger partial charge < -0.3 is 5.32 Å². The summed E-state index contributed by atoms with van der Waals surface area (Å²) in [5.41, 5.74) is 5.71. The van der Waals surface area contributed by atoms with Crippen molar-refractivity contribution in [2.45, 2.75) is 25.7 Å². The number of nitrogens with one attached hydrogen (secondary N) is 3.